The van der Waals surface area contributed by atoms with Crippen molar-refractivity contribution in [3.05, 3.63) is 98.3 Å². The van der Waals surface area contributed by atoms with E-state index in [0.717, 1.165) is 12.0 Å². The number of nitrogens with one attached hydrogen (secondary N) is 3. The number of rotatable bonds is 9. The number of benzene rings is 2. The summed E-state index contributed by atoms with van der Waals surface area (Å²) in [6, 6.07) is 18.4. The highest BCUT2D eigenvalue weighted by atomic mass is 32.2. The number of carbonyl (C=O) groups excluding carboxylic acids is 1. The number of hydrogen-bond acceptors (Lipinski definition) is 6. The number of amides is 2. The lowest BCUT2D eigenvalue weighted by Crippen LogP contribution is -2.30. The summed E-state index contributed by atoms with van der Waals surface area (Å²) in [6.45, 7) is 7.98. The number of urea groups is 1. The van der Waals surface area contributed by atoms with Crippen LogP contribution in [0.1, 0.15) is 10.4 Å². The van der Waals surface area contributed by atoms with Gasteiger partial charge in [0.1, 0.15) is 5.75 Å². The molecule has 0 saturated heterocycles. The van der Waals surface area contributed by atoms with Gasteiger partial charge < -0.3 is 20.4 Å². The van der Waals surface area contributed by atoms with Crippen molar-refractivity contribution < 1.29 is 9.53 Å². The lowest BCUT2D eigenvalue weighted by Gasteiger charge is -2.09. The lowest BCUT2D eigenvalue weighted by molar-refractivity contribution is 0.252. The molecule has 10 heteroatoms. The van der Waals surface area contributed by atoms with E-state index in [1.807, 2.05) is 41.8 Å². The highest BCUT2D eigenvalue weighted by Gasteiger charge is 2.15. The molecule has 0 fully saturated rings. The Labute approximate surface area is 216 Å². The lowest BCUT2D eigenvalue weighted by atomic mass is 10.1. The average molecular weight is 518 g/mol. The van der Waals surface area contributed by atoms with Crippen LogP contribution in [-0.4, -0.2) is 29.7 Å². The molecule has 4 rings (SSSR count). The number of ether oxygens (including phenoxy) is 1. The van der Waals surface area contributed by atoms with Crippen LogP contribution in [0.2, 0.25) is 0 Å². The predicted molar refractivity (Wildman–Crippen MR) is 144 cm³/mol. The maximum absolute atomic E-state index is 12.5. The van der Waals surface area contributed by atoms with Crippen molar-refractivity contribution in [3.8, 4) is 17.0 Å². The molecule has 0 spiro atoms. The van der Waals surface area contributed by atoms with Crippen molar-refractivity contribution in [3.63, 3.8) is 0 Å². The summed E-state index contributed by atoms with van der Waals surface area (Å²) in [7, 11) is 1.56. The Balaban J connectivity index is 1.37. The molecule has 0 bridgehead atoms. The molecule has 2 aromatic carbocycles. The molecule has 2 amide bonds. The van der Waals surface area contributed by atoms with Crippen molar-refractivity contribution in [2.75, 3.05) is 19.0 Å². The number of anilines is 1. The fraction of sp³-hybridized carbons (Fsp3) is 0.154. The Hall–Kier alpha value is -4.07. The van der Waals surface area contributed by atoms with E-state index in [-0.39, 0.29) is 11.7 Å². The molecule has 36 heavy (non-hydrogen) atoms. The summed E-state index contributed by atoms with van der Waals surface area (Å²) in [5, 5.41) is 8.11. The Morgan fingerprint density at radius 3 is 2.75 bits per heavy atom. The Bertz CT molecular complexity index is 1430. The zero-order valence-corrected chi connectivity index (χ0v) is 21.0. The van der Waals surface area contributed by atoms with E-state index in [2.05, 4.69) is 25.4 Å². The zero-order valence-electron chi connectivity index (χ0n) is 19.4. The summed E-state index contributed by atoms with van der Waals surface area (Å²) in [4.78, 5) is 36.5. The molecule has 2 aromatic heterocycles. The highest BCUT2D eigenvalue weighted by Crippen LogP contribution is 2.30. The second-order valence-electron chi connectivity index (χ2n) is 7.61. The van der Waals surface area contributed by atoms with Crippen LogP contribution in [-0.2, 0) is 12.2 Å². The Morgan fingerprint density at radius 1 is 1.19 bits per heavy atom. The van der Waals surface area contributed by atoms with Crippen LogP contribution in [0.4, 0.5) is 16.2 Å². The summed E-state index contributed by atoms with van der Waals surface area (Å²) in [6.07, 6.45) is 0.799. The molecule has 182 valence electrons. The third-order valence-corrected chi connectivity index (χ3v) is 7.03. The van der Waals surface area contributed by atoms with E-state index >= 15 is 0 Å². The SMILES string of the molecule is [C-]#[N+]c1c(-c2cccc(OC)c2)nc(SCc2ccc(NC(=O)NCCc3cccs3)cc2)[nH]c1=O. The zero-order chi connectivity index (χ0) is 25.3. The van der Waals surface area contributed by atoms with E-state index in [4.69, 9.17) is 11.3 Å². The van der Waals surface area contributed by atoms with Crippen LogP contribution in [0, 0.1) is 6.57 Å². The minimum absolute atomic E-state index is 0.0586. The first kappa shape index (κ1) is 25.0. The molecular formula is C26H23N5O3S2. The van der Waals surface area contributed by atoms with Crippen LogP contribution in [0.5, 0.6) is 5.75 Å². The number of thiophene rings is 1. The Morgan fingerprint density at radius 2 is 2.03 bits per heavy atom. The monoisotopic (exact) mass is 517 g/mol. The average Bonchev–Trinajstić information content (AvgIpc) is 3.41. The number of thioether (sulfide) groups is 1. The van der Waals surface area contributed by atoms with Gasteiger partial charge in [0.2, 0.25) is 0 Å². The second-order valence-corrected chi connectivity index (χ2v) is 9.60. The normalized spacial score (nSPS) is 10.4. The third kappa shape index (κ3) is 6.53. The van der Waals surface area contributed by atoms with Gasteiger partial charge in [-0.05, 0) is 53.3 Å². The van der Waals surface area contributed by atoms with Gasteiger partial charge in [0, 0.05) is 22.9 Å². The van der Waals surface area contributed by atoms with Crippen molar-refractivity contribution in [2.45, 2.75) is 17.3 Å². The topological polar surface area (TPSA) is 100 Å². The number of nitrogens with zero attached hydrogens (tertiary/aromatic N) is 2. The largest absolute Gasteiger partial charge is 0.497 e. The number of H-pyrrole nitrogens is 1. The first-order valence-electron chi connectivity index (χ1n) is 11.0. The molecule has 0 aliphatic carbocycles. The summed E-state index contributed by atoms with van der Waals surface area (Å²) in [5.41, 5.74) is 2.09. The fourth-order valence-electron chi connectivity index (χ4n) is 3.36. The standard InChI is InChI=1S/C26H23N5O3S2/c1-27-23-22(18-5-3-6-20(15-18)34-2)30-26(31-24(23)32)36-16-17-8-10-19(11-9-17)29-25(33)28-13-12-21-7-4-14-35-21/h3-11,14-15H,12-13,16H2,2H3,(H2,28,29,33)(H,30,31,32). The van der Waals surface area contributed by atoms with E-state index in [1.165, 1.54) is 16.6 Å². The van der Waals surface area contributed by atoms with Crippen LogP contribution in [0.15, 0.2) is 76.0 Å². The molecule has 0 unspecified atom stereocenters. The highest BCUT2D eigenvalue weighted by molar-refractivity contribution is 7.98. The predicted octanol–water partition coefficient (Wildman–Crippen LogP) is 5.71. The van der Waals surface area contributed by atoms with Gasteiger partial charge in [-0.2, -0.15) is 0 Å². The number of hydrogen-bond donors (Lipinski definition) is 3. The van der Waals surface area contributed by atoms with Gasteiger partial charge in [-0.25, -0.2) is 14.6 Å². The maximum atomic E-state index is 12.5. The van der Waals surface area contributed by atoms with E-state index in [0.29, 0.717) is 40.1 Å². The first-order valence-corrected chi connectivity index (χ1v) is 12.9. The molecule has 0 radical (unpaired) electrons. The van der Waals surface area contributed by atoms with Gasteiger partial charge in [-0.3, -0.25) is 4.79 Å². The first-order chi connectivity index (χ1) is 17.6. The molecule has 0 aliphatic heterocycles. The van der Waals surface area contributed by atoms with Crippen molar-refractivity contribution >= 4 is 40.5 Å². The number of carbonyl (C=O) groups is 1. The minimum atomic E-state index is -0.482. The van der Waals surface area contributed by atoms with E-state index in [9.17, 15) is 9.59 Å². The fourth-order valence-corrected chi connectivity index (χ4v) is 4.88. The third-order valence-electron chi connectivity index (χ3n) is 5.15. The Kier molecular flexibility index (Phi) is 8.39. The summed E-state index contributed by atoms with van der Waals surface area (Å²) >= 11 is 3.03. The molecule has 0 saturated carbocycles. The molecule has 0 aliphatic rings. The summed E-state index contributed by atoms with van der Waals surface area (Å²) < 4.78 is 5.26. The summed E-state index contributed by atoms with van der Waals surface area (Å²) in [5.74, 6) is 1.16. The molecule has 4 aromatic rings. The van der Waals surface area contributed by atoms with E-state index in [1.54, 1.807) is 42.7 Å². The van der Waals surface area contributed by atoms with Crippen LogP contribution in [0.25, 0.3) is 16.1 Å². The van der Waals surface area contributed by atoms with Gasteiger partial charge in [0.25, 0.3) is 11.2 Å². The number of aromatic amines is 1. The van der Waals surface area contributed by atoms with Crippen LogP contribution in [0.3, 0.4) is 0 Å². The molecule has 3 N–H and O–H groups in total. The van der Waals surface area contributed by atoms with Crippen molar-refractivity contribution in [1.82, 2.24) is 15.3 Å². The van der Waals surface area contributed by atoms with Crippen molar-refractivity contribution in [2.24, 2.45) is 0 Å². The smallest absolute Gasteiger partial charge is 0.319 e. The van der Waals surface area contributed by atoms with Gasteiger partial charge in [0.15, 0.2) is 5.16 Å². The minimum Gasteiger partial charge on any atom is -0.497 e. The van der Waals surface area contributed by atoms with Crippen LogP contribution < -0.4 is 20.9 Å². The van der Waals surface area contributed by atoms with Gasteiger partial charge in [0.05, 0.1) is 19.4 Å². The molecular weight excluding hydrogens is 494 g/mol. The molecule has 0 atom stereocenters. The quantitative estimate of drug-likeness (QED) is 0.150. The maximum Gasteiger partial charge on any atom is 0.319 e. The van der Waals surface area contributed by atoms with Gasteiger partial charge in [-0.1, -0.05) is 42.1 Å². The number of aromatic nitrogens is 2. The second kappa shape index (κ2) is 12.1. The van der Waals surface area contributed by atoms with Crippen LogP contribution >= 0.6 is 23.1 Å². The van der Waals surface area contributed by atoms with E-state index < -0.39 is 5.56 Å². The molecule has 2 heterocycles. The van der Waals surface area contributed by atoms with Gasteiger partial charge in [-0.15, -0.1) is 11.3 Å². The van der Waals surface area contributed by atoms with Crippen molar-refractivity contribution in [1.29, 1.82) is 0 Å². The molecule has 8 nitrogen and oxygen atoms in total. The van der Waals surface area contributed by atoms with Gasteiger partial charge >= 0.3 is 6.03 Å². The number of methoxy groups -OCH3 is 1.